The van der Waals surface area contributed by atoms with Crippen molar-refractivity contribution in [3.63, 3.8) is 0 Å². The fraction of sp³-hybridized carbons (Fsp3) is 0.300. The summed E-state index contributed by atoms with van der Waals surface area (Å²) in [5, 5.41) is 0. The van der Waals surface area contributed by atoms with Gasteiger partial charge >= 0.3 is 0 Å². The molecule has 2 aromatic carbocycles. The van der Waals surface area contributed by atoms with Gasteiger partial charge in [0.05, 0.1) is 0 Å². The van der Waals surface area contributed by atoms with Gasteiger partial charge in [-0.3, -0.25) is 9.59 Å². The summed E-state index contributed by atoms with van der Waals surface area (Å²) in [4.78, 5) is 24.9. The Hall–Kier alpha value is -2.04. The zero-order valence-corrected chi connectivity index (χ0v) is 17.3. The van der Waals surface area contributed by atoms with Crippen molar-refractivity contribution in [3.8, 4) is 0 Å². The second-order valence-electron chi connectivity index (χ2n) is 5.49. The van der Waals surface area contributed by atoms with Crippen molar-refractivity contribution >= 4 is 48.8 Å². The van der Waals surface area contributed by atoms with Gasteiger partial charge in [-0.2, -0.15) is 0 Å². The second kappa shape index (κ2) is 14.2. The maximum absolute atomic E-state index is 10.4. The van der Waals surface area contributed by atoms with Crippen molar-refractivity contribution in [1.82, 2.24) is 0 Å². The van der Waals surface area contributed by atoms with Gasteiger partial charge in [0, 0.05) is 49.7 Å². The average Bonchev–Trinajstić information content (AvgIpc) is 2.64. The van der Waals surface area contributed by atoms with Crippen LogP contribution in [0.15, 0.2) is 48.5 Å². The number of halogens is 2. The molecular weight excluding hydrogens is 371 g/mol. The molecule has 0 unspecified atom stereocenters. The van der Waals surface area contributed by atoms with Gasteiger partial charge in [-0.1, -0.05) is 0 Å². The Morgan fingerprint density at radius 1 is 0.692 bits per heavy atom. The molecule has 144 valence electrons. The number of nitrogens with zero attached hydrogens (tertiary/aromatic N) is 2. The molecule has 6 heteroatoms. The van der Waals surface area contributed by atoms with Crippen molar-refractivity contribution in [1.29, 1.82) is 0 Å². The van der Waals surface area contributed by atoms with E-state index in [0.717, 1.165) is 42.5 Å². The third kappa shape index (κ3) is 8.37. The molecule has 0 aliphatic rings. The number of aldehydes is 2. The van der Waals surface area contributed by atoms with Crippen LogP contribution in [-0.2, 0) is 0 Å². The summed E-state index contributed by atoms with van der Waals surface area (Å²) in [5.74, 6) is 0. The van der Waals surface area contributed by atoms with Gasteiger partial charge in [0.2, 0.25) is 0 Å². The van der Waals surface area contributed by atoms with E-state index in [-0.39, 0.29) is 24.8 Å². The maximum atomic E-state index is 10.4. The average molecular weight is 399 g/mol. The van der Waals surface area contributed by atoms with E-state index < -0.39 is 0 Å². The summed E-state index contributed by atoms with van der Waals surface area (Å²) in [6.45, 7) is 6.24. The Morgan fingerprint density at radius 3 is 1.31 bits per heavy atom. The van der Waals surface area contributed by atoms with Gasteiger partial charge in [0.1, 0.15) is 12.6 Å². The van der Waals surface area contributed by atoms with Gasteiger partial charge in [-0.25, -0.2) is 0 Å². The van der Waals surface area contributed by atoms with Crippen molar-refractivity contribution in [3.05, 3.63) is 59.7 Å². The molecule has 4 nitrogen and oxygen atoms in total. The lowest BCUT2D eigenvalue weighted by molar-refractivity contribution is 0.111. The molecule has 0 radical (unpaired) electrons. The van der Waals surface area contributed by atoms with Crippen molar-refractivity contribution in [2.24, 2.45) is 0 Å². The summed E-state index contributed by atoms with van der Waals surface area (Å²) in [6.07, 6.45) is 1.71. The molecule has 2 aromatic rings. The smallest absolute Gasteiger partial charge is 0.150 e. The predicted octanol–water partition coefficient (Wildman–Crippen LogP) is 4.75. The van der Waals surface area contributed by atoms with E-state index >= 15 is 0 Å². The van der Waals surface area contributed by atoms with Crippen LogP contribution in [0.1, 0.15) is 34.6 Å². The van der Waals surface area contributed by atoms with E-state index in [1.807, 2.05) is 67.5 Å². The Morgan fingerprint density at radius 2 is 1.04 bits per heavy atom. The third-order valence-electron chi connectivity index (χ3n) is 3.70. The molecule has 0 aromatic heterocycles. The van der Waals surface area contributed by atoms with Crippen LogP contribution in [0.25, 0.3) is 0 Å². The number of carbonyl (C=O) groups is 2. The molecule has 0 saturated carbocycles. The summed E-state index contributed by atoms with van der Waals surface area (Å²) in [6, 6.07) is 15.1. The minimum Gasteiger partial charge on any atom is -0.378 e. The van der Waals surface area contributed by atoms with Gasteiger partial charge in [0.15, 0.2) is 0 Å². The van der Waals surface area contributed by atoms with Gasteiger partial charge < -0.3 is 9.80 Å². The van der Waals surface area contributed by atoms with Crippen molar-refractivity contribution in [2.45, 2.75) is 13.8 Å². The van der Waals surface area contributed by atoms with Crippen LogP contribution in [0.4, 0.5) is 11.4 Å². The molecule has 2 rings (SSSR count). The van der Waals surface area contributed by atoms with Crippen LogP contribution in [-0.4, -0.2) is 39.8 Å². The topological polar surface area (TPSA) is 40.6 Å². The second-order valence-corrected chi connectivity index (χ2v) is 5.49. The molecule has 0 spiro atoms. The highest BCUT2D eigenvalue weighted by molar-refractivity contribution is 5.85. The Balaban J connectivity index is 0. The fourth-order valence-electron chi connectivity index (χ4n) is 2.20. The van der Waals surface area contributed by atoms with E-state index in [1.165, 1.54) is 5.69 Å². The highest BCUT2D eigenvalue weighted by atomic mass is 35.5. The van der Waals surface area contributed by atoms with Crippen LogP contribution in [0.3, 0.4) is 0 Å². The van der Waals surface area contributed by atoms with Crippen molar-refractivity contribution < 1.29 is 9.59 Å². The van der Waals surface area contributed by atoms with Crippen LogP contribution in [0.2, 0.25) is 0 Å². The maximum Gasteiger partial charge on any atom is 0.150 e. The fourth-order valence-corrected chi connectivity index (χ4v) is 2.20. The molecule has 0 aliphatic heterocycles. The van der Waals surface area contributed by atoms with E-state index in [1.54, 1.807) is 0 Å². The van der Waals surface area contributed by atoms with Gasteiger partial charge in [-0.05, 0) is 62.4 Å². The first-order chi connectivity index (χ1) is 11.5. The first kappa shape index (κ1) is 26.2. The molecule has 0 fully saturated rings. The molecular formula is C20H28Cl2N2O2. The first-order valence-corrected chi connectivity index (χ1v) is 8.08. The summed E-state index contributed by atoms with van der Waals surface area (Å²) in [7, 11) is 3.94. The van der Waals surface area contributed by atoms with Crippen molar-refractivity contribution in [2.75, 3.05) is 37.0 Å². The number of hydrogen-bond acceptors (Lipinski definition) is 4. The van der Waals surface area contributed by atoms with E-state index in [4.69, 9.17) is 0 Å². The van der Waals surface area contributed by atoms with Crippen LogP contribution < -0.4 is 9.80 Å². The molecule has 26 heavy (non-hydrogen) atoms. The normalized spacial score (nSPS) is 8.77. The molecule has 0 bridgehead atoms. The quantitative estimate of drug-likeness (QED) is 0.657. The lowest BCUT2D eigenvalue weighted by atomic mass is 10.2. The predicted molar refractivity (Wildman–Crippen MR) is 116 cm³/mol. The number of benzene rings is 2. The Kier molecular flexibility index (Phi) is 14.3. The molecule has 0 aliphatic carbocycles. The molecule has 0 amide bonds. The lowest BCUT2D eigenvalue weighted by Crippen LogP contribution is -2.21. The highest BCUT2D eigenvalue weighted by Crippen LogP contribution is 2.13. The minimum atomic E-state index is 0. The lowest BCUT2D eigenvalue weighted by Gasteiger charge is -2.20. The largest absolute Gasteiger partial charge is 0.378 e. The molecule has 0 saturated heterocycles. The highest BCUT2D eigenvalue weighted by Gasteiger charge is 2.00. The summed E-state index contributed by atoms with van der Waals surface area (Å²) >= 11 is 0. The van der Waals surface area contributed by atoms with E-state index in [2.05, 4.69) is 18.7 Å². The standard InChI is InChI=1S/C11H15NO.C9H11NO.2ClH/c1-3-12(4-2)11-7-5-10(9-13)6-8-11;1-10(2)9-5-3-8(7-11)4-6-9;;/h5-9H,3-4H2,1-2H3;3-7H,1-2H3;2*1H. The third-order valence-corrected chi connectivity index (χ3v) is 3.70. The number of anilines is 2. The number of hydrogen-bond donors (Lipinski definition) is 0. The SMILES string of the molecule is CCN(CC)c1ccc(C=O)cc1.CN(C)c1ccc(C=O)cc1.Cl.Cl. The molecule has 0 heterocycles. The van der Waals surface area contributed by atoms with Crippen LogP contribution >= 0.6 is 24.8 Å². The van der Waals surface area contributed by atoms with E-state index in [9.17, 15) is 9.59 Å². The van der Waals surface area contributed by atoms with Crippen LogP contribution in [0, 0.1) is 0 Å². The van der Waals surface area contributed by atoms with Crippen LogP contribution in [0.5, 0.6) is 0 Å². The molecule has 0 atom stereocenters. The van der Waals surface area contributed by atoms with Gasteiger partial charge in [0.25, 0.3) is 0 Å². The minimum absolute atomic E-state index is 0. The van der Waals surface area contributed by atoms with E-state index in [0.29, 0.717) is 0 Å². The Bertz CT molecular complexity index is 625. The number of carbonyl (C=O) groups excluding carboxylic acids is 2. The zero-order valence-electron chi connectivity index (χ0n) is 15.7. The Labute approximate surface area is 169 Å². The molecule has 0 N–H and O–H groups in total. The summed E-state index contributed by atoms with van der Waals surface area (Å²) in [5.41, 5.74) is 3.73. The monoisotopic (exact) mass is 398 g/mol. The zero-order chi connectivity index (χ0) is 17.9. The summed E-state index contributed by atoms with van der Waals surface area (Å²) < 4.78 is 0. The first-order valence-electron chi connectivity index (χ1n) is 8.08. The number of rotatable bonds is 6. The van der Waals surface area contributed by atoms with Gasteiger partial charge in [-0.15, -0.1) is 24.8 Å².